The SMILES string of the molecule is O=C(CC1CCCN1)Nc1cc([N+](=O)[O-])ccc1Br. The molecule has 1 aliphatic rings. The number of anilines is 1. The van der Waals surface area contributed by atoms with Crippen molar-refractivity contribution in [2.24, 2.45) is 0 Å². The Bertz CT molecular complexity index is 501. The minimum atomic E-state index is -0.485. The van der Waals surface area contributed by atoms with Crippen LogP contribution in [0.2, 0.25) is 0 Å². The lowest BCUT2D eigenvalue weighted by Gasteiger charge is -2.11. The van der Waals surface area contributed by atoms with Gasteiger partial charge < -0.3 is 10.6 Å². The topological polar surface area (TPSA) is 84.3 Å². The zero-order valence-electron chi connectivity index (χ0n) is 10.2. The first-order valence-corrected chi connectivity index (χ1v) is 6.83. The van der Waals surface area contributed by atoms with E-state index < -0.39 is 4.92 Å². The molecule has 1 fully saturated rings. The van der Waals surface area contributed by atoms with Crippen molar-refractivity contribution >= 4 is 33.2 Å². The Morgan fingerprint density at radius 1 is 1.58 bits per heavy atom. The summed E-state index contributed by atoms with van der Waals surface area (Å²) in [5.74, 6) is -0.138. The standard InChI is InChI=1S/C12H14BrN3O3/c13-10-4-3-9(16(18)19)7-11(10)15-12(17)6-8-2-1-5-14-8/h3-4,7-8,14H,1-2,5-6H2,(H,15,17). The molecule has 1 aliphatic heterocycles. The second kappa shape index (κ2) is 6.12. The van der Waals surface area contributed by atoms with E-state index in [0.29, 0.717) is 16.6 Å². The second-order valence-corrected chi connectivity index (χ2v) is 5.32. The normalized spacial score (nSPS) is 18.3. The summed E-state index contributed by atoms with van der Waals surface area (Å²) >= 11 is 3.27. The number of nitro groups is 1. The predicted molar refractivity (Wildman–Crippen MR) is 75.1 cm³/mol. The van der Waals surface area contributed by atoms with Gasteiger partial charge in [0.15, 0.2) is 0 Å². The van der Waals surface area contributed by atoms with Crippen molar-refractivity contribution < 1.29 is 9.72 Å². The maximum Gasteiger partial charge on any atom is 0.271 e. The molecule has 19 heavy (non-hydrogen) atoms. The van der Waals surface area contributed by atoms with Crippen molar-refractivity contribution in [3.8, 4) is 0 Å². The van der Waals surface area contributed by atoms with Crippen LogP contribution in [0, 0.1) is 10.1 Å². The molecule has 7 heteroatoms. The van der Waals surface area contributed by atoms with Crippen molar-refractivity contribution in [3.63, 3.8) is 0 Å². The Kier molecular flexibility index (Phi) is 4.49. The van der Waals surface area contributed by atoms with Crippen LogP contribution in [0.15, 0.2) is 22.7 Å². The van der Waals surface area contributed by atoms with Crippen molar-refractivity contribution in [1.82, 2.24) is 5.32 Å². The Morgan fingerprint density at radius 3 is 3.00 bits per heavy atom. The van der Waals surface area contributed by atoms with Gasteiger partial charge in [0, 0.05) is 29.1 Å². The van der Waals surface area contributed by atoms with E-state index >= 15 is 0 Å². The average molecular weight is 328 g/mol. The number of nitrogens with one attached hydrogen (secondary N) is 2. The Labute approximate surface area is 118 Å². The van der Waals surface area contributed by atoms with E-state index in [0.717, 1.165) is 19.4 Å². The van der Waals surface area contributed by atoms with Crippen molar-refractivity contribution in [2.45, 2.75) is 25.3 Å². The van der Waals surface area contributed by atoms with E-state index in [1.54, 1.807) is 6.07 Å². The van der Waals surface area contributed by atoms with Gasteiger partial charge in [-0.15, -0.1) is 0 Å². The number of amides is 1. The molecule has 0 radical (unpaired) electrons. The van der Waals surface area contributed by atoms with Gasteiger partial charge in [0.25, 0.3) is 5.69 Å². The minimum absolute atomic E-state index is 0.0440. The molecule has 0 aromatic heterocycles. The predicted octanol–water partition coefficient (Wildman–Crippen LogP) is 2.44. The fraction of sp³-hybridized carbons (Fsp3) is 0.417. The van der Waals surface area contributed by atoms with Crippen molar-refractivity contribution in [1.29, 1.82) is 0 Å². The molecule has 6 nitrogen and oxygen atoms in total. The molecule has 1 aromatic carbocycles. The lowest BCUT2D eigenvalue weighted by molar-refractivity contribution is -0.384. The molecule has 1 unspecified atom stereocenters. The van der Waals surface area contributed by atoms with Crippen LogP contribution in [0.1, 0.15) is 19.3 Å². The monoisotopic (exact) mass is 327 g/mol. The molecule has 0 bridgehead atoms. The molecule has 0 spiro atoms. The number of non-ortho nitro benzene ring substituents is 1. The Morgan fingerprint density at radius 2 is 2.37 bits per heavy atom. The van der Waals surface area contributed by atoms with Crippen LogP contribution >= 0.6 is 15.9 Å². The third-order valence-electron chi connectivity index (χ3n) is 3.03. The fourth-order valence-electron chi connectivity index (χ4n) is 2.08. The number of nitro benzene ring substituents is 1. The first-order chi connectivity index (χ1) is 9.06. The lowest BCUT2D eigenvalue weighted by atomic mass is 10.1. The number of carbonyl (C=O) groups is 1. The van der Waals surface area contributed by atoms with Crippen LogP contribution in [-0.4, -0.2) is 23.4 Å². The summed E-state index contributed by atoms with van der Waals surface area (Å²) in [4.78, 5) is 22.1. The highest BCUT2D eigenvalue weighted by Gasteiger charge is 2.18. The maximum atomic E-state index is 11.9. The van der Waals surface area contributed by atoms with E-state index in [1.807, 2.05) is 0 Å². The summed E-state index contributed by atoms with van der Waals surface area (Å²) in [5, 5.41) is 16.6. The van der Waals surface area contributed by atoms with Gasteiger partial charge in [-0.05, 0) is 41.4 Å². The van der Waals surface area contributed by atoms with Crippen LogP contribution in [-0.2, 0) is 4.79 Å². The molecule has 1 atom stereocenters. The second-order valence-electron chi connectivity index (χ2n) is 4.47. The summed E-state index contributed by atoms with van der Waals surface area (Å²) in [6.45, 7) is 0.943. The molecular formula is C12H14BrN3O3. The molecule has 102 valence electrons. The summed E-state index contributed by atoms with van der Waals surface area (Å²) in [6, 6.07) is 4.50. The zero-order valence-corrected chi connectivity index (χ0v) is 11.8. The van der Waals surface area contributed by atoms with E-state index in [2.05, 4.69) is 26.6 Å². The van der Waals surface area contributed by atoms with Gasteiger partial charge in [-0.3, -0.25) is 14.9 Å². The number of carbonyl (C=O) groups excluding carboxylic acids is 1. The summed E-state index contributed by atoms with van der Waals surface area (Å²) in [6.07, 6.45) is 2.46. The summed E-state index contributed by atoms with van der Waals surface area (Å²) in [5.41, 5.74) is 0.384. The largest absolute Gasteiger partial charge is 0.325 e. The number of nitrogens with zero attached hydrogens (tertiary/aromatic N) is 1. The molecule has 2 rings (SSSR count). The third kappa shape index (κ3) is 3.74. The number of halogens is 1. The average Bonchev–Trinajstić information content (AvgIpc) is 2.84. The highest BCUT2D eigenvalue weighted by Crippen LogP contribution is 2.27. The van der Waals surface area contributed by atoms with Crippen molar-refractivity contribution in [2.75, 3.05) is 11.9 Å². The first kappa shape index (κ1) is 14.0. The van der Waals surface area contributed by atoms with E-state index in [-0.39, 0.29) is 17.6 Å². The number of rotatable bonds is 4. The Balaban J connectivity index is 2.02. The van der Waals surface area contributed by atoms with Gasteiger partial charge in [-0.25, -0.2) is 0 Å². The maximum absolute atomic E-state index is 11.9. The van der Waals surface area contributed by atoms with Gasteiger partial charge in [0.1, 0.15) is 0 Å². The summed E-state index contributed by atoms with van der Waals surface area (Å²) in [7, 11) is 0. The van der Waals surface area contributed by atoms with Gasteiger partial charge >= 0.3 is 0 Å². The van der Waals surface area contributed by atoms with Crippen molar-refractivity contribution in [3.05, 3.63) is 32.8 Å². The van der Waals surface area contributed by atoms with E-state index in [1.165, 1.54) is 12.1 Å². The zero-order chi connectivity index (χ0) is 13.8. The minimum Gasteiger partial charge on any atom is -0.325 e. The molecule has 2 N–H and O–H groups in total. The van der Waals surface area contributed by atoms with E-state index in [4.69, 9.17) is 0 Å². The number of hydrogen-bond donors (Lipinski definition) is 2. The summed E-state index contributed by atoms with van der Waals surface area (Å²) < 4.78 is 0.630. The molecule has 0 saturated carbocycles. The molecule has 1 amide bonds. The van der Waals surface area contributed by atoms with Crippen LogP contribution in [0.25, 0.3) is 0 Å². The molecule has 1 heterocycles. The van der Waals surface area contributed by atoms with Gasteiger partial charge in [0.05, 0.1) is 10.6 Å². The molecule has 1 saturated heterocycles. The lowest BCUT2D eigenvalue weighted by Crippen LogP contribution is -2.27. The van der Waals surface area contributed by atoms with Crippen LogP contribution < -0.4 is 10.6 Å². The number of benzene rings is 1. The molecule has 1 aromatic rings. The van der Waals surface area contributed by atoms with Crippen LogP contribution in [0.5, 0.6) is 0 Å². The smallest absolute Gasteiger partial charge is 0.271 e. The van der Waals surface area contributed by atoms with Gasteiger partial charge in [-0.1, -0.05) is 0 Å². The molecular weight excluding hydrogens is 314 g/mol. The Hall–Kier alpha value is -1.47. The number of hydrogen-bond acceptors (Lipinski definition) is 4. The fourth-order valence-corrected chi connectivity index (χ4v) is 2.42. The third-order valence-corrected chi connectivity index (χ3v) is 3.72. The highest BCUT2D eigenvalue weighted by atomic mass is 79.9. The highest BCUT2D eigenvalue weighted by molar-refractivity contribution is 9.10. The first-order valence-electron chi connectivity index (χ1n) is 6.03. The van der Waals surface area contributed by atoms with Gasteiger partial charge in [0.2, 0.25) is 5.91 Å². The van der Waals surface area contributed by atoms with Crippen LogP contribution in [0.3, 0.4) is 0 Å². The quantitative estimate of drug-likeness (QED) is 0.657. The van der Waals surface area contributed by atoms with Crippen LogP contribution in [0.4, 0.5) is 11.4 Å². The van der Waals surface area contributed by atoms with E-state index in [9.17, 15) is 14.9 Å². The molecule has 0 aliphatic carbocycles. The van der Waals surface area contributed by atoms with Gasteiger partial charge in [-0.2, -0.15) is 0 Å².